The number of ether oxygens (including phenoxy) is 1. The van der Waals surface area contributed by atoms with Gasteiger partial charge >= 0.3 is 0 Å². The van der Waals surface area contributed by atoms with Crippen LogP contribution in [0.15, 0.2) is 73.2 Å². The lowest BCUT2D eigenvalue weighted by Crippen LogP contribution is -2.31. The number of benzene rings is 2. The molecule has 0 saturated carbocycles. The average molecular weight is 444 g/mol. The van der Waals surface area contributed by atoms with Gasteiger partial charge in [0.1, 0.15) is 12.0 Å². The van der Waals surface area contributed by atoms with Crippen LogP contribution in [-0.2, 0) is 18.3 Å². The van der Waals surface area contributed by atoms with E-state index in [-0.39, 0.29) is 11.9 Å². The van der Waals surface area contributed by atoms with Crippen LogP contribution in [0.25, 0.3) is 11.5 Å². The third kappa shape index (κ3) is 5.39. The van der Waals surface area contributed by atoms with E-state index >= 15 is 0 Å². The predicted molar refractivity (Wildman–Crippen MR) is 124 cm³/mol. The van der Waals surface area contributed by atoms with E-state index in [1.165, 1.54) is 6.33 Å². The summed E-state index contributed by atoms with van der Waals surface area (Å²) in [7, 11) is 3.51. The standard InChI is InChI=1S/C24H25N7O2/c1-31-22(29-30-23(31)20-11-12-25-16-27-20)14-26-19-10-6-9-18(13-19)24(32)28-21(15-33-2)17-7-4-3-5-8-17/h3-13,16,21,26H,14-15H2,1-2H3,(H,28,32). The molecule has 0 saturated heterocycles. The highest BCUT2D eigenvalue weighted by molar-refractivity contribution is 5.95. The van der Waals surface area contributed by atoms with E-state index in [2.05, 4.69) is 30.8 Å². The molecule has 0 radical (unpaired) electrons. The SMILES string of the molecule is COCC(NC(=O)c1cccc(NCc2nnc(-c3ccncn3)n2C)c1)c1ccccc1. The number of anilines is 1. The van der Waals surface area contributed by atoms with Gasteiger partial charge < -0.3 is 19.9 Å². The molecular formula is C24H25N7O2. The van der Waals surface area contributed by atoms with Gasteiger partial charge in [0.2, 0.25) is 0 Å². The number of nitrogens with zero attached hydrogens (tertiary/aromatic N) is 5. The zero-order chi connectivity index (χ0) is 23.0. The van der Waals surface area contributed by atoms with Crippen LogP contribution >= 0.6 is 0 Å². The van der Waals surface area contributed by atoms with Crippen molar-refractivity contribution in [3.8, 4) is 11.5 Å². The monoisotopic (exact) mass is 443 g/mol. The minimum Gasteiger partial charge on any atom is -0.382 e. The van der Waals surface area contributed by atoms with Gasteiger partial charge in [0, 0.05) is 31.6 Å². The molecule has 1 unspecified atom stereocenters. The van der Waals surface area contributed by atoms with Crippen molar-refractivity contribution in [1.29, 1.82) is 0 Å². The average Bonchev–Trinajstić information content (AvgIpc) is 3.23. The van der Waals surface area contributed by atoms with Crippen molar-refractivity contribution in [2.45, 2.75) is 12.6 Å². The molecular weight excluding hydrogens is 418 g/mol. The van der Waals surface area contributed by atoms with Crippen LogP contribution in [0, 0.1) is 0 Å². The Bertz CT molecular complexity index is 1200. The van der Waals surface area contributed by atoms with Gasteiger partial charge in [-0.25, -0.2) is 9.97 Å². The lowest BCUT2D eigenvalue weighted by atomic mass is 10.1. The minimum atomic E-state index is -0.237. The van der Waals surface area contributed by atoms with Crippen molar-refractivity contribution < 1.29 is 9.53 Å². The van der Waals surface area contributed by atoms with E-state index in [1.807, 2.05) is 60.1 Å². The molecule has 2 heterocycles. The van der Waals surface area contributed by atoms with Crippen molar-refractivity contribution in [2.24, 2.45) is 7.05 Å². The molecule has 1 amide bonds. The van der Waals surface area contributed by atoms with Gasteiger partial charge in [-0.15, -0.1) is 10.2 Å². The maximum atomic E-state index is 12.9. The maximum Gasteiger partial charge on any atom is 0.251 e. The largest absolute Gasteiger partial charge is 0.382 e. The molecule has 0 spiro atoms. The summed E-state index contributed by atoms with van der Waals surface area (Å²) >= 11 is 0. The molecule has 4 aromatic rings. The molecule has 0 fully saturated rings. The minimum absolute atomic E-state index is 0.172. The number of hydrogen-bond donors (Lipinski definition) is 2. The highest BCUT2D eigenvalue weighted by atomic mass is 16.5. The molecule has 4 rings (SSSR count). The molecule has 168 valence electrons. The Hall–Kier alpha value is -4.11. The highest BCUT2D eigenvalue weighted by Gasteiger charge is 2.16. The van der Waals surface area contributed by atoms with Gasteiger partial charge in [-0.05, 0) is 29.8 Å². The predicted octanol–water partition coefficient (Wildman–Crippen LogP) is 3.00. The zero-order valence-electron chi connectivity index (χ0n) is 18.5. The molecule has 2 aromatic heterocycles. The fourth-order valence-electron chi connectivity index (χ4n) is 3.43. The van der Waals surface area contributed by atoms with Crippen LogP contribution in [0.2, 0.25) is 0 Å². The fourth-order valence-corrected chi connectivity index (χ4v) is 3.43. The molecule has 1 atom stereocenters. The van der Waals surface area contributed by atoms with Crippen LogP contribution in [0.1, 0.15) is 27.8 Å². The molecule has 0 aliphatic rings. The Kier molecular flexibility index (Phi) is 7.01. The van der Waals surface area contributed by atoms with Crippen LogP contribution in [0.3, 0.4) is 0 Å². The molecule has 0 aliphatic carbocycles. The lowest BCUT2D eigenvalue weighted by molar-refractivity contribution is 0.0896. The second kappa shape index (κ2) is 10.5. The Morgan fingerprint density at radius 2 is 1.94 bits per heavy atom. The van der Waals surface area contributed by atoms with Crippen molar-refractivity contribution in [3.63, 3.8) is 0 Å². The fraction of sp³-hybridized carbons (Fsp3) is 0.208. The molecule has 33 heavy (non-hydrogen) atoms. The van der Waals surface area contributed by atoms with Crippen molar-refractivity contribution in [2.75, 3.05) is 19.0 Å². The van der Waals surface area contributed by atoms with E-state index in [4.69, 9.17) is 4.74 Å². The Morgan fingerprint density at radius 3 is 2.70 bits per heavy atom. The molecule has 2 N–H and O–H groups in total. The van der Waals surface area contributed by atoms with Gasteiger partial charge in [-0.3, -0.25) is 4.79 Å². The Morgan fingerprint density at radius 1 is 1.09 bits per heavy atom. The summed E-state index contributed by atoms with van der Waals surface area (Å²) in [5.41, 5.74) is 3.05. The van der Waals surface area contributed by atoms with Gasteiger partial charge in [0.25, 0.3) is 5.91 Å². The van der Waals surface area contributed by atoms with Gasteiger partial charge in [0.15, 0.2) is 11.6 Å². The molecule has 9 nitrogen and oxygen atoms in total. The van der Waals surface area contributed by atoms with Gasteiger partial charge in [-0.2, -0.15) is 0 Å². The Balaban J connectivity index is 1.43. The number of nitrogens with one attached hydrogen (secondary N) is 2. The number of aromatic nitrogens is 5. The second-order valence-electron chi connectivity index (χ2n) is 7.42. The normalized spacial score (nSPS) is 11.7. The Labute approximate surface area is 191 Å². The van der Waals surface area contributed by atoms with Crippen LogP contribution in [0.5, 0.6) is 0 Å². The summed E-state index contributed by atoms with van der Waals surface area (Å²) in [6, 6.07) is 18.7. The van der Waals surface area contributed by atoms with Crippen molar-refractivity contribution in [1.82, 2.24) is 30.0 Å². The number of carbonyl (C=O) groups is 1. The second-order valence-corrected chi connectivity index (χ2v) is 7.42. The van der Waals surface area contributed by atoms with E-state index in [0.717, 1.165) is 17.1 Å². The van der Waals surface area contributed by atoms with E-state index < -0.39 is 0 Å². The van der Waals surface area contributed by atoms with E-state index in [9.17, 15) is 4.79 Å². The first-order valence-electron chi connectivity index (χ1n) is 10.5. The van der Waals surface area contributed by atoms with Gasteiger partial charge in [-0.1, -0.05) is 36.4 Å². The quantitative estimate of drug-likeness (QED) is 0.409. The number of amides is 1. The molecule has 9 heteroatoms. The summed E-state index contributed by atoms with van der Waals surface area (Å²) in [5.74, 6) is 1.23. The summed E-state index contributed by atoms with van der Waals surface area (Å²) in [5, 5.41) is 14.8. The summed E-state index contributed by atoms with van der Waals surface area (Å²) in [4.78, 5) is 21.1. The summed E-state index contributed by atoms with van der Waals surface area (Å²) in [6.07, 6.45) is 3.15. The first-order valence-corrected chi connectivity index (χ1v) is 10.5. The van der Waals surface area contributed by atoms with Crippen LogP contribution in [0.4, 0.5) is 5.69 Å². The van der Waals surface area contributed by atoms with Gasteiger partial charge in [0.05, 0.1) is 19.2 Å². The molecule has 2 aromatic carbocycles. The first kappa shape index (κ1) is 22.1. The molecule has 0 bridgehead atoms. The van der Waals surface area contributed by atoms with E-state index in [1.54, 1.807) is 25.4 Å². The third-order valence-electron chi connectivity index (χ3n) is 5.19. The molecule has 0 aliphatic heterocycles. The smallest absolute Gasteiger partial charge is 0.251 e. The van der Waals surface area contributed by atoms with E-state index in [0.29, 0.717) is 30.2 Å². The van der Waals surface area contributed by atoms with Crippen LogP contribution in [-0.4, -0.2) is 44.4 Å². The van der Waals surface area contributed by atoms with Crippen LogP contribution < -0.4 is 10.6 Å². The zero-order valence-corrected chi connectivity index (χ0v) is 18.5. The summed E-state index contributed by atoms with van der Waals surface area (Å²) < 4.78 is 7.18. The van der Waals surface area contributed by atoms with Crippen molar-refractivity contribution in [3.05, 3.63) is 90.1 Å². The summed E-state index contributed by atoms with van der Waals surface area (Å²) in [6.45, 7) is 0.824. The number of carbonyl (C=O) groups excluding carboxylic acids is 1. The number of methoxy groups -OCH3 is 1. The topological polar surface area (TPSA) is 107 Å². The lowest BCUT2D eigenvalue weighted by Gasteiger charge is -2.18. The first-order chi connectivity index (χ1) is 16.2. The third-order valence-corrected chi connectivity index (χ3v) is 5.19. The highest BCUT2D eigenvalue weighted by Crippen LogP contribution is 2.17. The number of hydrogen-bond acceptors (Lipinski definition) is 7. The van der Waals surface area contributed by atoms with Crippen molar-refractivity contribution >= 4 is 11.6 Å². The number of rotatable bonds is 9. The maximum absolute atomic E-state index is 12.9.